The zero-order valence-electron chi connectivity index (χ0n) is 11.5. The highest BCUT2D eigenvalue weighted by Gasteiger charge is 2.12. The van der Waals surface area contributed by atoms with Crippen LogP contribution in [0.4, 0.5) is 5.82 Å². The molecule has 0 N–H and O–H groups in total. The van der Waals surface area contributed by atoms with E-state index in [0.717, 1.165) is 36.8 Å². The van der Waals surface area contributed by atoms with Crippen LogP contribution in [-0.2, 0) is 6.42 Å². The minimum absolute atomic E-state index is 0.840. The first kappa shape index (κ1) is 12.4. The van der Waals surface area contributed by atoms with Gasteiger partial charge in [0.2, 0.25) is 0 Å². The van der Waals surface area contributed by atoms with Crippen LogP contribution in [0.5, 0.6) is 0 Å². The largest absolute Gasteiger partial charge is 0.355 e. The van der Waals surface area contributed by atoms with Crippen LogP contribution >= 0.6 is 0 Å². The Bertz CT molecular complexity index is 540. The Balaban J connectivity index is 1.90. The Hall–Kier alpha value is -1.65. The third-order valence-corrected chi connectivity index (χ3v) is 3.81. The maximum absolute atomic E-state index is 4.72. The fourth-order valence-electron chi connectivity index (χ4n) is 2.69. The second-order valence-corrected chi connectivity index (χ2v) is 5.19. The van der Waals surface area contributed by atoms with E-state index in [-0.39, 0.29) is 0 Å². The molecule has 0 radical (unpaired) electrons. The molecule has 19 heavy (non-hydrogen) atoms. The van der Waals surface area contributed by atoms with E-state index in [2.05, 4.69) is 28.1 Å². The molecule has 0 saturated carbocycles. The van der Waals surface area contributed by atoms with Crippen molar-refractivity contribution in [1.29, 1.82) is 0 Å². The molecule has 5 heteroatoms. The minimum Gasteiger partial charge on any atom is -0.355 e. The van der Waals surface area contributed by atoms with Gasteiger partial charge in [-0.1, -0.05) is 26.2 Å². The molecular weight excluding hydrogens is 238 g/mol. The molecule has 3 rings (SSSR count). The van der Waals surface area contributed by atoms with Crippen LogP contribution in [-0.4, -0.2) is 32.9 Å². The summed E-state index contributed by atoms with van der Waals surface area (Å²) in [5, 5.41) is 13.0. The number of aromatic nitrogens is 4. The summed E-state index contributed by atoms with van der Waals surface area (Å²) >= 11 is 0. The molecule has 3 heterocycles. The molecule has 1 aliphatic heterocycles. The van der Waals surface area contributed by atoms with Crippen molar-refractivity contribution in [1.82, 2.24) is 19.8 Å². The van der Waals surface area contributed by atoms with E-state index < -0.39 is 0 Å². The van der Waals surface area contributed by atoms with Gasteiger partial charge in [0.15, 0.2) is 11.5 Å². The normalized spacial score (nSPS) is 17.4. The van der Waals surface area contributed by atoms with Crippen molar-refractivity contribution >= 4 is 11.5 Å². The van der Waals surface area contributed by atoms with Crippen molar-refractivity contribution in [2.45, 2.75) is 45.4 Å². The molecule has 2 aromatic heterocycles. The summed E-state index contributed by atoms with van der Waals surface area (Å²) < 4.78 is 1.88. The third-order valence-electron chi connectivity index (χ3n) is 3.81. The Labute approximate surface area is 113 Å². The Morgan fingerprint density at radius 2 is 1.74 bits per heavy atom. The molecule has 0 spiro atoms. The Morgan fingerprint density at radius 3 is 2.47 bits per heavy atom. The predicted octanol–water partition coefficient (Wildman–Crippen LogP) is 2.46. The quantitative estimate of drug-likeness (QED) is 0.831. The summed E-state index contributed by atoms with van der Waals surface area (Å²) in [6, 6.07) is 4.10. The highest BCUT2D eigenvalue weighted by Crippen LogP contribution is 2.17. The average Bonchev–Trinajstić information content (AvgIpc) is 2.80. The minimum atomic E-state index is 0.840. The van der Waals surface area contributed by atoms with Gasteiger partial charge in [0.25, 0.3) is 0 Å². The summed E-state index contributed by atoms with van der Waals surface area (Å²) in [6.07, 6.45) is 7.45. The number of anilines is 1. The molecule has 0 aromatic carbocycles. The first-order chi connectivity index (χ1) is 9.38. The molecule has 0 atom stereocenters. The lowest BCUT2D eigenvalue weighted by Gasteiger charge is -2.25. The SMILES string of the molecule is CCc1nnc2ccc(N3CCCCCCC3)nn12. The van der Waals surface area contributed by atoms with Gasteiger partial charge in [0.1, 0.15) is 5.82 Å². The summed E-state index contributed by atoms with van der Waals surface area (Å²) in [5.74, 6) is 1.99. The van der Waals surface area contributed by atoms with Gasteiger partial charge in [-0.15, -0.1) is 15.3 Å². The first-order valence-electron chi connectivity index (χ1n) is 7.35. The second-order valence-electron chi connectivity index (χ2n) is 5.19. The van der Waals surface area contributed by atoms with Gasteiger partial charge in [-0.3, -0.25) is 0 Å². The number of nitrogens with zero attached hydrogens (tertiary/aromatic N) is 5. The highest BCUT2D eigenvalue weighted by molar-refractivity contribution is 5.45. The van der Waals surface area contributed by atoms with Gasteiger partial charge in [-0.25, -0.2) is 0 Å². The summed E-state index contributed by atoms with van der Waals surface area (Å²) in [6.45, 7) is 4.31. The van der Waals surface area contributed by atoms with E-state index in [0.29, 0.717) is 0 Å². The summed E-state index contributed by atoms with van der Waals surface area (Å²) in [5.41, 5.74) is 0.840. The maximum Gasteiger partial charge on any atom is 0.178 e. The van der Waals surface area contributed by atoms with Crippen molar-refractivity contribution in [2.24, 2.45) is 0 Å². The molecule has 102 valence electrons. The van der Waals surface area contributed by atoms with E-state index in [1.54, 1.807) is 0 Å². The molecule has 1 fully saturated rings. The van der Waals surface area contributed by atoms with E-state index in [4.69, 9.17) is 5.10 Å². The lowest BCUT2D eigenvalue weighted by Crippen LogP contribution is -2.28. The van der Waals surface area contributed by atoms with Crippen LogP contribution in [0.1, 0.15) is 44.9 Å². The highest BCUT2D eigenvalue weighted by atomic mass is 15.4. The van der Waals surface area contributed by atoms with Crippen LogP contribution in [0, 0.1) is 0 Å². The van der Waals surface area contributed by atoms with E-state index in [9.17, 15) is 0 Å². The van der Waals surface area contributed by atoms with Crippen LogP contribution in [0.15, 0.2) is 12.1 Å². The molecule has 2 aromatic rings. The molecule has 0 unspecified atom stereocenters. The first-order valence-corrected chi connectivity index (χ1v) is 7.35. The number of hydrogen-bond donors (Lipinski definition) is 0. The van der Waals surface area contributed by atoms with Gasteiger partial charge in [0.05, 0.1) is 0 Å². The van der Waals surface area contributed by atoms with Crippen molar-refractivity contribution in [3.8, 4) is 0 Å². The van der Waals surface area contributed by atoms with Gasteiger partial charge >= 0.3 is 0 Å². The van der Waals surface area contributed by atoms with Gasteiger partial charge in [-0.05, 0) is 25.0 Å². The van der Waals surface area contributed by atoms with Gasteiger partial charge in [0, 0.05) is 19.5 Å². The third kappa shape index (κ3) is 2.55. The van der Waals surface area contributed by atoms with Crippen LogP contribution in [0.2, 0.25) is 0 Å². The monoisotopic (exact) mass is 259 g/mol. The maximum atomic E-state index is 4.72. The summed E-state index contributed by atoms with van der Waals surface area (Å²) in [7, 11) is 0. The number of hydrogen-bond acceptors (Lipinski definition) is 4. The fourth-order valence-corrected chi connectivity index (χ4v) is 2.69. The van der Waals surface area contributed by atoms with Crippen molar-refractivity contribution in [3.05, 3.63) is 18.0 Å². The van der Waals surface area contributed by atoms with E-state index in [1.165, 1.54) is 32.1 Å². The summed E-state index contributed by atoms with van der Waals surface area (Å²) in [4.78, 5) is 2.40. The molecule has 0 amide bonds. The smallest absolute Gasteiger partial charge is 0.178 e. The number of fused-ring (bicyclic) bond motifs is 1. The van der Waals surface area contributed by atoms with Crippen LogP contribution in [0.25, 0.3) is 5.65 Å². The van der Waals surface area contributed by atoms with Crippen molar-refractivity contribution in [2.75, 3.05) is 18.0 Å². The molecule has 1 aliphatic rings. The molecule has 0 aliphatic carbocycles. The van der Waals surface area contributed by atoms with Crippen molar-refractivity contribution in [3.63, 3.8) is 0 Å². The lowest BCUT2D eigenvalue weighted by atomic mass is 10.1. The van der Waals surface area contributed by atoms with Gasteiger partial charge < -0.3 is 4.90 Å². The zero-order valence-corrected chi connectivity index (χ0v) is 11.5. The number of aryl methyl sites for hydroxylation is 1. The van der Waals surface area contributed by atoms with Gasteiger partial charge in [-0.2, -0.15) is 4.52 Å². The number of rotatable bonds is 2. The Kier molecular flexibility index (Phi) is 3.62. The Morgan fingerprint density at radius 1 is 1.00 bits per heavy atom. The average molecular weight is 259 g/mol. The molecule has 0 bridgehead atoms. The molecule has 1 saturated heterocycles. The fraction of sp³-hybridized carbons (Fsp3) is 0.643. The van der Waals surface area contributed by atoms with Crippen LogP contribution < -0.4 is 4.90 Å². The van der Waals surface area contributed by atoms with Crippen molar-refractivity contribution < 1.29 is 0 Å². The standard InChI is InChI=1S/C14H21N5/c1-2-12-15-16-13-8-9-14(17-19(12)13)18-10-6-4-3-5-7-11-18/h8-9H,2-7,10-11H2,1H3. The van der Waals surface area contributed by atoms with Crippen LogP contribution in [0.3, 0.4) is 0 Å². The predicted molar refractivity (Wildman–Crippen MR) is 75.5 cm³/mol. The zero-order chi connectivity index (χ0) is 13.1. The van der Waals surface area contributed by atoms with E-state index >= 15 is 0 Å². The van der Waals surface area contributed by atoms with E-state index in [1.807, 2.05) is 10.6 Å². The topological polar surface area (TPSA) is 46.3 Å². The second kappa shape index (κ2) is 5.55. The lowest BCUT2D eigenvalue weighted by molar-refractivity contribution is 0.551. The molecule has 5 nitrogen and oxygen atoms in total. The molecular formula is C14H21N5.